The Labute approximate surface area is 242 Å². The summed E-state index contributed by atoms with van der Waals surface area (Å²) in [5, 5.41) is 0. The number of carbonyl (C=O) groups is 1. The van der Waals surface area contributed by atoms with Gasteiger partial charge in [0.25, 0.3) is 0 Å². The van der Waals surface area contributed by atoms with Crippen molar-refractivity contribution in [2.75, 3.05) is 26.9 Å². The lowest BCUT2D eigenvalue weighted by molar-refractivity contribution is -0.137. The molecule has 0 saturated carbocycles. The Morgan fingerprint density at radius 3 is 2.17 bits per heavy atom. The number of rotatable bonds is 19. The van der Waals surface area contributed by atoms with Crippen LogP contribution in [-0.2, 0) is 9.53 Å². The van der Waals surface area contributed by atoms with E-state index in [0.717, 1.165) is 72.8 Å². The van der Waals surface area contributed by atoms with Gasteiger partial charge >= 0.3 is 5.97 Å². The second-order valence-corrected chi connectivity index (χ2v) is 9.72. The molecule has 2 aromatic rings. The van der Waals surface area contributed by atoms with Gasteiger partial charge in [-0.2, -0.15) is 0 Å². The van der Waals surface area contributed by atoms with Crippen molar-refractivity contribution >= 4 is 5.97 Å². The summed E-state index contributed by atoms with van der Waals surface area (Å²) in [4.78, 5) is 11.0. The summed E-state index contributed by atoms with van der Waals surface area (Å²) in [5.74, 6) is 4.12. The lowest BCUT2D eigenvalue weighted by atomic mass is 9.97. The number of aryl methyl sites for hydroxylation is 1. The highest BCUT2D eigenvalue weighted by Crippen LogP contribution is 2.29. The Morgan fingerprint density at radius 2 is 1.52 bits per heavy atom. The van der Waals surface area contributed by atoms with Crippen molar-refractivity contribution in [1.82, 2.24) is 0 Å². The molecule has 0 fully saturated rings. The van der Waals surface area contributed by atoms with Crippen molar-refractivity contribution in [2.45, 2.75) is 73.1 Å². The Balaban J connectivity index is 0.00000391. The fourth-order valence-corrected chi connectivity index (χ4v) is 3.74. The Morgan fingerprint density at radius 1 is 0.875 bits per heavy atom. The van der Waals surface area contributed by atoms with E-state index in [-0.39, 0.29) is 11.9 Å². The molecule has 2 aromatic carbocycles. The van der Waals surface area contributed by atoms with Crippen molar-refractivity contribution in [3.05, 3.63) is 73.0 Å². The Hall–Kier alpha value is -3.41. The van der Waals surface area contributed by atoms with Crippen molar-refractivity contribution < 1.29 is 28.5 Å². The summed E-state index contributed by atoms with van der Waals surface area (Å²) >= 11 is 0. The largest absolute Gasteiger partial charge is 0.494 e. The second kappa shape index (κ2) is 20.5. The predicted octanol–water partition coefficient (Wildman–Crippen LogP) is 8.72. The van der Waals surface area contributed by atoms with E-state index < -0.39 is 0 Å². The number of ether oxygens (including phenoxy) is 5. The van der Waals surface area contributed by atoms with Crippen LogP contribution in [0.15, 0.2) is 67.5 Å². The number of allylic oxidation sites excluding steroid dienone is 1. The SMILES string of the molecule is C=CC(=O)OCCCCCCOc1ccc(OC(=C)C(C)CCC(C)COc2ccc(C)cc2OC)cc1.CC. The quantitative estimate of drug-likeness (QED) is 0.0749. The normalized spacial score (nSPS) is 11.8. The number of hydrogen-bond donors (Lipinski definition) is 0. The second-order valence-electron chi connectivity index (χ2n) is 9.72. The van der Waals surface area contributed by atoms with Gasteiger partial charge in [0, 0.05) is 12.0 Å². The molecule has 6 nitrogen and oxygen atoms in total. The lowest BCUT2D eigenvalue weighted by Crippen LogP contribution is -2.12. The minimum atomic E-state index is -0.366. The van der Waals surface area contributed by atoms with Gasteiger partial charge in [0.05, 0.1) is 32.7 Å². The molecule has 0 heterocycles. The van der Waals surface area contributed by atoms with Crippen LogP contribution in [0.1, 0.15) is 71.8 Å². The summed E-state index contributed by atoms with van der Waals surface area (Å²) in [6.45, 7) is 19.6. The minimum absolute atomic E-state index is 0.225. The number of benzene rings is 2. The first-order valence-corrected chi connectivity index (χ1v) is 14.5. The van der Waals surface area contributed by atoms with Crippen molar-refractivity contribution in [1.29, 1.82) is 0 Å². The van der Waals surface area contributed by atoms with E-state index in [4.69, 9.17) is 23.7 Å². The summed E-state index contributed by atoms with van der Waals surface area (Å²) in [6, 6.07) is 13.6. The molecule has 0 aliphatic carbocycles. The van der Waals surface area contributed by atoms with Gasteiger partial charge in [-0.1, -0.05) is 46.9 Å². The van der Waals surface area contributed by atoms with Gasteiger partial charge in [0.15, 0.2) is 11.5 Å². The molecule has 2 unspecified atom stereocenters. The lowest BCUT2D eigenvalue weighted by Gasteiger charge is -2.19. The fraction of sp³-hybridized carbons (Fsp3) is 0.500. The minimum Gasteiger partial charge on any atom is -0.494 e. The zero-order valence-electron chi connectivity index (χ0n) is 25.5. The molecule has 0 aliphatic heterocycles. The molecule has 222 valence electrons. The van der Waals surface area contributed by atoms with E-state index >= 15 is 0 Å². The maximum atomic E-state index is 11.0. The van der Waals surface area contributed by atoms with Crippen LogP contribution in [-0.4, -0.2) is 32.9 Å². The molecule has 2 atom stereocenters. The number of hydrogen-bond acceptors (Lipinski definition) is 6. The third-order valence-corrected chi connectivity index (χ3v) is 6.28. The first kappa shape index (κ1) is 34.6. The van der Waals surface area contributed by atoms with Gasteiger partial charge in [0.2, 0.25) is 0 Å². The van der Waals surface area contributed by atoms with Crippen LogP contribution < -0.4 is 18.9 Å². The zero-order valence-corrected chi connectivity index (χ0v) is 25.5. The number of methoxy groups -OCH3 is 1. The molecule has 6 heteroatoms. The van der Waals surface area contributed by atoms with Gasteiger partial charge in [-0.3, -0.25) is 0 Å². The van der Waals surface area contributed by atoms with Gasteiger partial charge in [-0.15, -0.1) is 0 Å². The van der Waals surface area contributed by atoms with Crippen LogP contribution in [0, 0.1) is 18.8 Å². The van der Waals surface area contributed by atoms with E-state index in [1.54, 1.807) is 7.11 Å². The predicted molar refractivity (Wildman–Crippen MR) is 163 cm³/mol. The first-order chi connectivity index (χ1) is 19.3. The summed E-state index contributed by atoms with van der Waals surface area (Å²) < 4.78 is 28.2. The molecule has 0 spiro atoms. The number of unbranched alkanes of at least 4 members (excludes halogenated alkanes) is 3. The standard InChI is InChI=1S/C32H44O6.C2H6/c1-7-32(33)36-21-11-9-8-10-20-35-28-15-17-29(18-16-28)38-27(5)26(4)14-12-25(3)23-37-30-19-13-24(2)22-31(30)34-6;1-2/h7,13,15-19,22,25-26H,1,5,8-12,14,20-21,23H2,2-4,6H3;1-2H3. The van der Waals surface area contributed by atoms with Gasteiger partial charge in [-0.25, -0.2) is 4.79 Å². The molecule has 40 heavy (non-hydrogen) atoms. The molecule has 0 N–H and O–H groups in total. The Kier molecular flexibility index (Phi) is 17.7. The number of carbonyl (C=O) groups excluding carboxylic acids is 1. The number of esters is 1. The molecule has 0 radical (unpaired) electrons. The van der Waals surface area contributed by atoms with E-state index in [1.807, 2.05) is 63.2 Å². The van der Waals surface area contributed by atoms with Crippen LogP contribution in [0.4, 0.5) is 0 Å². The third kappa shape index (κ3) is 14.1. The van der Waals surface area contributed by atoms with E-state index in [9.17, 15) is 4.79 Å². The van der Waals surface area contributed by atoms with E-state index in [2.05, 4.69) is 27.0 Å². The van der Waals surface area contributed by atoms with Crippen molar-refractivity contribution in [3.63, 3.8) is 0 Å². The smallest absolute Gasteiger partial charge is 0.330 e. The molecule has 0 aliphatic rings. The fourth-order valence-electron chi connectivity index (χ4n) is 3.74. The highest BCUT2D eigenvalue weighted by atomic mass is 16.5. The van der Waals surface area contributed by atoms with E-state index in [1.165, 1.54) is 6.08 Å². The van der Waals surface area contributed by atoms with Crippen LogP contribution in [0.5, 0.6) is 23.0 Å². The highest BCUT2D eigenvalue weighted by molar-refractivity contribution is 5.81. The first-order valence-electron chi connectivity index (χ1n) is 14.5. The molecule has 0 aromatic heterocycles. The van der Waals surface area contributed by atoms with Crippen molar-refractivity contribution in [3.8, 4) is 23.0 Å². The molecular formula is C34H50O6. The maximum absolute atomic E-state index is 11.0. The van der Waals surface area contributed by atoms with Crippen molar-refractivity contribution in [2.24, 2.45) is 11.8 Å². The average Bonchev–Trinajstić information content (AvgIpc) is 2.98. The van der Waals surface area contributed by atoms with Crippen LogP contribution >= 0.6 is 0 Å². The zero-order chi connectivity index (χ0) is 29.8. The maximum Gasteiger partial charge on any atom is 0.330 e. The van der Waals surface area contributed by atoms with Crippen LogP contribution in [0.3, 0.4) is 0 Å². The highest BCUT2D eigenvalue weighted by Gasteiger charge is 2.13. The van der Waals surface area contributed by atoms with Gasteiger partial charge in [-0.05, 0) is 93.3 Å². The summed E-state index contributed by atoms with van der Waals surface area (Å²) in [5.41, 5.74) is 1.14. The Bertz CT molecular complexity index is 998. The van der Waals surface area contributed by atoms with Gasteiger partial charge in [0.1, 0.15) is 11.5 Å². The average molecular weight is 555 g/mol. The summed E-state index contributed by atoms with van der Waals surface area (Å²) in [7, 11) is 1.66. The summed E-state index contributed by atoms with van der Waals surface area (Å²) in [6.07, 6.45) is 6.97. The molecule has 2 rings (SSSR count). The van der Waals surface area contributed by atoms with Crippen LogP contribution in [0.2, 0.25) is 0 Å². The van der Waals surface area contributed by atoms with Crippen LogP contribution in [0.25, 0.3) is 0 Å². The molecule has 0 bridgehead atoms. The molecular weight excluding hydrogens is 504 g/mol. The topological polar surface area (TPSA) is 63.2 Å². The molecule has 0 saturated heterocycles. The monoisotopic (exact) mass is 554 g/mol. The van der Waals surface area contributed by atoms with E-state index in [0.29, 0.717) is 25.7 Å². The van der Waals surface area contributed by atoms with Gasteiger partial charge < -0.3 is 23.7 Å². The third-order valence-electron chi connectivity index (χ3n) is 6.28. The molecule has 0 amide bonds.